The van der Waals surface area contributed by atoms with Gasteiger partial charge in [0.25, 0.3) is 0 Å². The minimum atomic E-state index is -0.923. The molecule has 7 atom stereocenters. The molecule has 1 saturated heterocycles. The van der Waals surface area contributed by atoms with Crippen molar-refractivity contribution in [1.29, 1.82) is 0 Å². The Hall–Kier alpha value is -1.65. The number of carbonyl (C=O) groups is 1. The number of allylic oxidation sites excluding steroid dienone is 1. The van der Waals surface area contributed by atoms with Gasteiger partial charge in [-0.25, -0.2) is 4.79 Å². The highest BCUT2D eigenvalue weighted by atomic mass is 16.7. The van der Waals surface area contributed by atoms with E-state index in [4.69, 9.17) is 14.6 Å². The van der Waals surface area contributed by atoms with Gasteiger partial charge in [0.2, 0.25) is 0 Å². The van der Waals surface area contributed by atoms with Crippen molar-refractivity contribution in [1.82, 2.24) is 0 Å². The van der Waals surface area contributed by atoms with Crippen molar-refractivity contribution in [3.8, 4) is 11.8 Å². The Kier molecular flexibility index (Phi) is 11.1. The summed E-state index contributed by atoms with van der Waals surface area (Å²) >= 11 is 0. The third-order valence-electron chi connectivity index (χ3n) is 7.20. The van der Waals surface area contributed by atoms with Crippen LogP contribution in [0.4, 0.5) is 0 Å². The van der Waals surface area contributed by atoms with E-state index in [1.807, 2.05) is 19.1 Å². The Bertz CT molecular complexity index is 740. The highest BCUT2D eigenvalue weighted by Crippen LogP contribution is 2.40. The van der Waals surface area contributed by atoms with Crippen LogP contribution in [0.2, 0.25) is 0 Å². The third kappa shape index (κ3) is 9.19. The lowest BCUT2D eigenvalue weighted by Crippen LogP contribution is -2.31. The maximum Gasteiger partial charge on any atom is 0.327 e. The van der Waals surface area contributed by atoms with Crippen molar-refractivity contribution in [2.24, 2.45) is 23.7 Å². The van der Waals surface area contributed by atoms with Gasteiger partial charge in [0.1, 0.15) is 0 Å². The first kappa shape index (κ1) is 26.9. The number of carboxylic acids is 1. The summed E-state index contributed by atoms with van der Waals surface area (Å²) in [6.07, 6.45) is 15.4. The summed E-state index contributed by atoms with van der Waals surface area (Å²) in [4.78, 5) is 10.6. The van der Waals surface area contributed by atoms with Crippen LogP contribution in [0.15, 0.2) is 24.3 Å². The van der Waals surface area contributed by atoms with E-state index >= 15 is 0 Å². The fourth-order valence-electron chi connectivity index (χ4n) is 4.88. The van der Waals surface area contributed by atoms with Gasteiger partial charge in [-0.1, -0.05) is 37.5 Å². The molecular weight excluding hydrogens is 432 g/mol. The van der Waals surface area contributed by atoms with Gasteiger partial charge in [-0.05, 0) is 63.2 Å². The molecule has 34 heavy (non-hydrogen) atoms. The molecule has 3 rings (SSSR count). The van der Waals surface area contributed by atoms with Gasteiger partial charge in [0.15, 0.2) is 6.29 Å². The summed E-state index contributed by atoms with van der Waals surface area (Å²) in [5.41, 5.74) is 0. The largest absolute Gasteiger partial charge is 0.478 e. The first-order chi connectivity index (χ1) is 16.4. The summed E-state index contributed by atoms with van der Waals surface area (Å²) < 4.78 is 12.1. The molecule has 3 aliphatic rings. The predicted octanol–water partition coefficient (Wildman–Crippen LogP) is 4.45. The zero-order valence-electron chi connectivity index (χ0n) is 20.5. The lowest BCUT2D eigenvalue weighted by molar-refractivity contribution is -0.193. The molecule has 1 heterocycles. The maximum atomic E-state index is 10.9. The summed E-state index contributed by atoms with van der Waals surface area (Å²) in [5.74, 6) is 6.23. The Morgan fingerprint density at radius 3 is 2.76 bits per heavy atom. The van der Waals surface area contributed by atoms with Gasteiger partial charge in [-0.15, -0.1) is 5.92 Å². The minimum absolute atomic E-state index is 0.00878. The van der Waals surface area contributed by atoms with Crippen LogP contribution in [-0.4, -0.2) is 52.5 Å². The molecule has 0 spiro atoms. The van der Waals surface area contributed by atoms with Crippen LogP contribution in [0.1, 0.15) is 77.6 Å². The second-order valence-corrected chi connectivity index (χ2v) is 10.2. The van der Waals surface area contributed by atoms with Gasteiger partial charge in [0, 0.05) is 37.4 Å². The van der Waals surface area contributed by atoms with E-state index in [9.17, 15) is 15.0 Å². The molecule has 0 amide bonds. The Morgan fingerprint density at radius 1 is 1.24 bits per heavy atom. The van der Waals surface area contributed by atoms with E-state index in [1.54, 1.807) is 6.08 Å². The molecule has 3 fully saturated rings. The highest BCUT2D eigenvalue weighted by molar-refractivity contribution is 5.79. The fraction of sp³-hybridized carbons (Fsp3) is 0.750. The Labute approximate surface area is 204 Å². The van der Waals surface area contributed by atoms with E-state index in [2.05, 4.69) is 11.8 Å². The van der Waals surface area contributed by atoms with E-state index in [-0.39, 0.29) is 30.1 Å². The topological polar surface area (TPSA) is 96.2 Å². The molecule has 0 aromatic rings. The Morgan fingerprint density at radius 2 is 2.06 bits per heavy atom. The number of aliphatic hydroxyl groups is 2. The molecule has 0 aromatic heterocycles. The molecule has 1 aliphatic heterocycles. The lowest BCUT2D eigenvalue weighted by atomic mass is 9.87. The summed E-state index contributed by atoms with van der Waals surface area (Å²) in [7, 11) is 0. The molecule has 1 unspecified atom stereocenters. The van der Waals surface area contributed by atoms with Crippen LogP contribution in [0, 0.1) is 35.5 Å². The smallest absolute Gasteiger partial charge is 0.327 e. The molecule has 0 bridgehead atoms. The molecule has 2 saturated carbocycles. The molecule has 3 N–H and O–H groups in total. The standard InChI is InChI=1S/C28H42O6/c1-20(9-8-10-21-14-15-21)24(29)17-16-23-22(11-4-2-3-5-12-27(31)32)25(30)19-26(23)34-28-13-6-7-18-33-28/h5,12,16-17,20-26,28-30H,2-4,6-7,9,11,13-15,18-19H2,1H3,(H,31,32)/b12-5+,17-16+/t20-,22+,23+,24+,25-,26+,28?/m0/s1. The van der Waals surface area contributed by atoms with Crippen LogP contribution >= 0.6 is 0 Å². The molecule has 2 aliphatic carbocycles. The van der Waals surface area contributed by atoms with Crippen molar-refractivity contribution in [3.63, 3.8) is 0 Å². The second kappa shape index (κ2) is 14.0. The van der Waals surface area contributed by atoms with Crippen LogP contribution < -0.4 is 0 Å². The van der Waals surface area contributed by atoms with Crippen molar-refractivity contribution >= 4 is 5.97 Å². The van der Waals surface area contributed by atoms with E-state index in [0.717, 1.165) is 38.5 Å². The van der Waals surface area contributed by atoms with Crippen molar-refractivity contribution in [2.75, 3.05) is 6.61 Å². The zero-order valence-corrected chi connectivity index (χ0v) is 20.5. The first-order valence-electron chi connectivity index (χ1n) is 13.1. The number of aliphatic carboxylic acids is 1. The van der Waals surface area contributed by atoms with Crippen molar-refractivity contribution < 1.29 is 29.6 Å². The Balaban J connectivity index is 1.58. The normalized spacial score (nSPS) is 31.4. The van der Waals surface area contributed by atoms with Gasteiger partial charge in [-0.2, -0.15) is 0 Å². The number of aliphatic hydroxyl groups excluding tert-OH is 2. The lowest BCUT2D eigenvalue weighted by Gasteiger charge is -2.29. The summed E-state index contributed by atoms with van der Waals surface area (Å²) in [6, 6.07) is 0. The summed E-state index contributed by atoms with van der Waals surface area (Å²) in [6.45, 7) is 2.73. The molecular formula is C28H42O6. The zero-order chi connectivity index (χ0) is 24.3. The van der Waals surface area contributed by atoms with E-state index in [0.29, 0.717) is 31.8 Å². The average Bonchev–Trinajstić information content (AvgIpc) is 3.59. The van der Waals surface area contributed by atoms with Gasteiger partial charge in [0.05, 0.1) is 18.3 Å². The first-order valence-corrected chi connectivity index (χ1v) is 13.1. The van der Waals surface area contributed by atoms with Crippen LogP contribution in [0.25, 0.3) is 0 Å². The number of hydrogen-bond acceptors (Lipinski definition) is 5. The number of carboxylic acid groups (broad SMARTS) is 1. The molecule has 0 radical (unpaired) electrons. The fourth-order valence-corrected chi connectivity index (χ4v) is 4.88. The van der Waals surface area contributed by atoms with Crippen molar-refractivity contribution in [2.45, 2.75) is 102 Å². The number of unbranched alkanes of at least 4 members (excludes halogenated alkanes) is 2. The quantitative estimate of drug-likeness (QED) is 0.167. The molecule has 190 valence electrons. The molecule has 6 heteroatoms. The van der Waals surface area contributed by atoms with Gasteiger partial charge < -0.3 is 24.8 Å². The molecule has 6 nitrogen and oxygen atoms in total. The second-order valence-electron chi connectivity index (χ2n) is 10.2. The number of hydrogen-bond donors (Lipinski definition) is 3. The van der Waals surface area contributed by atoms with E-state index in [1.165, 1.54) is 18.9 Å². The van der Waals surface area contributed by atoms with Gasteiger partial charge >= 0.3 is 5.97 Å². The maximum absolute atomic E-state index is 10.9. The predicted molar refractivity (Wildman–Crippen MR) is 131 cm³/mol. The number of rotatable bonds is 12. The van der Waals surface area contributed by atoms with Crippen LogP contribution in [0.3, 0.4) is 0 Å². The number of ether oxygens (including phenoxy) is 2. The van der Waals surface area contributed by atoms with Gasteiger partial charge in [-0.3, -0.25) is 0 Å². The SMILES string of the molecule is C[C@@H](CC#CC1CC1)[C@H](O)/C=C/[C@@H]1[C@@H](CCCC/C=C/C(=O)O)[C@@H](O)C[C@H]1OC1CCCCO1. The molecule has 0 aromatic carbocycles. The van der Waals surface area contributed by atoms with Crippen molar-refractivity contribution in [3.05, 3.63) is 24.3 Å². The van der Waals surface area contributed by atoms with E-state index < -0.39 is 18.2 Å². The van der Waals surface area contributed by atoms with Crippen LogP contribution in [0.5, 0.6) is 0 Å². The van der Waals surface area contributed by atoms with Crippen LogP contribution in [-0.2, 0) is 14.3 Å². The minimum Gasteiger partial charge on any atom is -0.478 e. The highest BCUT2D eigenvalue weighted by Gasteiger charge is 2.42. The average molecular weight is 475 g/mol. The summed E-state index contributed by atoms with van der Waals surface area (Å²) in [5, 5.41) is 30.3. The third-order valence-corrected chi connectivity index (χ3v) is 7.20. The monoisotopic (exact) mass is 474 g/mol.